The SMILES string of the molecule is Cc1nc(-c2cccc(Cl)c2)sc1C(=O)Nc1cccnc1Cl. The van der Waals surface area contributed by atoms with E-state index in [1.807, 2.05) is 18.2 Å². The molecule has 0 unspecified atom stereocenters. The Hall–Kier alpha value is -1.95. The fourth-order valence-electron chi connectivity index (χ4n) is 2.01. The average molecular weight is 364 g/mol. The van der Waals surface area contributed by atoms with Gasteiger partial charge in [0.15, 0.2) is 5.15 Å². The van der Waals surface area contributed by atoms with E-state index in [9.17, 15) is 4.79 Å². The Kier molecular flexibility index (Phi) is 4.61. The number of carbonyl (C=O) groups is 1. The molecular formula is C16H11Cl2N3OS. The Labute approximate surface area is 147 Å². The number of nitrogens with zero attached hydrogens (tertiary/aromatic N) is 2. The number of aromatic nitrogens is 2. The van der Waals surface area contributed by atoms with Crippen molar-refractivity contribution < 1.29 is 4.79 Å². The molecule has 0 atom stereocenters. The van der Waals surface area contributed by atoms with Gasteiger partial charge in [0.25, 0.3) is 5.91 Å². The highest BCUT2D eigenvalue weighted by molar-refractivity contribution is 7.17. The van der Waals surface area contributed by atoms with Crippen LogP contribution in [0.5, 0.6) is 0 Å². The lowest BCUT2D eigenvalue weighted by Crippen LogP contribution is -2.12. The molecule has 0 fully saturated rings. The monoisotopic (exact) mass is 363 g/mol. The van der Waals surface area contributed by atoms with E-state index in [-0.39, 0.29) is 11.1 Å². The van der Waals surface area contributed by atoms with Gasteiger partial charge >= 0.3 is 0 Å². The molecule has 0 aliphatic carbocycles. The van der Waals surface area contributed by atoms with Crippen LogP contribution < -0.4 is 5.32 Å². The number of anilines is 1. The maximum Gasteiger partial charge on any atom is 0.267 e. The van der Waals surface area contributed by atoms with Crippen LogP contribution in [-0.4, -0.2) is 15.9 Å². The Morgan fingerprint density at radius 2 is 2.04 bits per heavy atom. The Morgan fingerprint density at radius 1 is 1.22 bits per heavy atom. The van der Waals surface area contributed by atoms with Gasteiger partial charge in [-0.05, 0) is 31.2 Å². The smallest absolute Gasteiger partial charge is 0.267 e. The molecule has 0 saturated heterocycles. The topological polar surface area (TPSA) is 54.9 Å². The van der Waals surface area contributed by atoms with Gasteiger partial charge in [-0.1, -0.05) is 35.3 Å². The van der Waals surface area contributed by atoms with Gasteiger partial charge in [-0.15, -0.1) is 11.3 Å². The van der Waals surface area contributed by atoms with Crippen LogP contribution in [-0.2, 0) is 0 Å². The first-order valence-electron chi connectivity index (χ1n) is 6.70. The molecule has 1 N–H and O–H groups in total. The number of hydrogen-bond donors (Lipinski definition) is 1. The van der Waals surface area contributed by atoms with Crippen molar-refractivity contribution in [2.75, 3.05) is 5.32 Å². The highest BCUT2D eigenvalue weighted by Crippen LogP contribution is 2.30. The molecule has 1 aromatic carbocycles. The van der Waals surface area contributed by atoms with Gasteiger partial charge < -0.3 is 5.32 Å². The molecule has 116 valence electrons. The standard InChI is InChI=1S/C16H11Cl2N3OS/c1-9-13(15(22)21-12-6-3-7-19-14(12)18)23-16(20-9)10-4-2-5-11(17)8-10/h2-8H,1H3,(H,21,22). The molecule has 3 rings (SSSR count). The summed E-state index contributed by atoms with van der Waals surface area (Å²) in [5.74, 6) is -0.261. The minimum absolute atomic E-state index is 0.248. The molecule has 2 heterocycles. The zero-order valence-electron chi connectivity index (χ0n) is 12.0. The quantitative estimate of drug-likeness (QED) is 0.660. The lowest BCUT2D eigenvalue weighted by atomic mass is 10.2. The van der Waals surface area contributed by atoms with Crippen LogP contribution in [0.2, 0.25) is 10.2 Å². The van der Waals surface area contributed by atoms with Gasteiger partial charge in [0.1, 0.15) is 9.88 Å². The van der Waals surface area contributed by atoms with Crippen molar-refractivity contribution in [3.05, 3.63) is 63.3 Å². The second-order valence-electron chi connectivity index (χ2n) is 4.74. The summed E-state index contributed by atoms with van der Waals surface area (Å²) in [6.45, 7) is 1.80. The molecule has 0 radical (unpaired) electrons. The summed E-state index contributed by atoms with van der Waals surface area (Å²) in [4.78, 5) is 21.4. The third-order valence-electron chi connectivity index (χ3n) is 3.08. The van der Waals surface area contributed by atoms with E-state index in [1.165, 1.54) is 11.3 Å². The molecule has 2 aromatic heterocycles. The first-order chi connectivity index (χ1) is 11.0. The van der Waals surface area contributed by atoms with Gasteiger partial charge in [-0.2, -0.15) is 0 Å². The second-order valence-corrected chi connectivity index (χ2v) is 6.53. The Balaban J connectivity index is 1.89. The summed E-state index contributed by atoms with van der Waals surface area (Å²) >= 11 is 13.3. The van der Waals surface area contributed by atoms with Crippen LogP contribution in [0.15, 0.2) is 42.6 Å². The molecule has 1 amide bonds. The average Bonchev–Trinajstić information content (AvgIpc) is 2.92. The van der Waals surface area contributed by atoms with Crippen LogP contribution in [0.3, 0.4) is 0 Å². The number of pyridine rings is 1. The van der Waals surface area contributed by atoms with Crippen molar-refractivity contribution in [1.82, 2.24) is 9.97 Å². The maximum atomic E-state index is 12.4. The highest BCUT2D eigenvalue weighted by Gasteiger charge is 2.17. The summed E-state index contributed by atoms with van der Waals surface area (Å²) < 4.78 is 0. The zero-order valence-corrected chi connectivity index (χ0v) is 14.3. The van der Waals surface area contributed by atoms with Crippen molar-refractivity contribution in [1.29, 1.82) is 0 Å². The lowest BCUT2D eigenvalue weighted by Gasteiger charge is -2.04. The van der Waals surface area contributed by atoms with E-state index >= 15 is 0 Å². The summed E-state index contributed by atoms with van der Waals surface area (Å²) in [6, 6.07) is 10.8. The molecule has 0 bridgehead atoms. The molecule has 0 spiro atoms. The molecule has 7 heteroatoms. The van der Waals surface area contributed by atoms with E-state index in [0.717, 1.165) is 10.6 Å². The van der Waals surface area contributed by atoms with Gasteiger partial charge in [-0.3, -0.25) is 4.79 Å². The highest BCUT2D eigenvalue weighted by atomic mass is 35.5. The molecule has 0 aliphatic rings. The van der Waals surface area contributed by atoms with E-state index in [0.29, 0.717) is 21.3 Å². The van der Waals surface area contributed by atoms with E-state index in [4.69, 9.17) is 23.2 Å². The summed E-state index contributed by atoms with van der Waals surface area (Å²) in [6.07, 6.45) is 1.56. The number of aryl methyl sites for hydroxylation is 1. The van der Waals surface area contributed by atoms with Crippen LogP contribution >= 0.6 is 34.5 Å². The first-order valence-corrected chi connectivity index (χ1v) is 8.27. The molecule has 23 heavy (non-hydrogen) atoms. The number of rotatable bonds is 3. The second kappa shape index (κ2) is 6.66. The van der Waals surface area contributed by atoms with Gasteiger partial charge in [0.05, 0.1) is 11.4 Å². The lowest BCUT2D eigenvalue weighted by molar-refractivity contribution is 0.103. The largest absolute Gasteiger partial charge is 0.319 e. The third kappa shape index (κ3) is 3.52. The number of halogens is 2. The number of nitrogens with one attached hydrogen (secondary N) is 1. The van der Waals surface area contributed by atoms with E-state index < -0.39 is 0 Å². The third-order valence-corrected chi connectivity index (χ3v) is 4.82. The van der Waals surface area contributed by atoms with Crippen LogP contribution in [0.1, 0.15) is 15.4 Å². The fraction of sp³-hybridized carbons (Fsp3) is 0.0625. The Morgan fingerprint density at radius 3 is 2.78 bits per heavy atom. The molecule has 3 aromatic rings. The van der Waals surface area contributed by atoms with Crippen molar-refractivity contribution in [2.24, 2.45) is 0 Å². The fourth-order valence-corrected chi connectivity index (χ4v) is 3.33. The minimum Gasteiger partial charge on any atom is -0.319 e. The van der Waals surface area contributed by atoms with Crippen LogP contribution in [0.4, 0.5) is 5.69 Å². The molecular weight excluding hydrogens is 353 g/mol. The minimum atomic E-state index is -0.261. The van der Waals surface area contributed by atoms with Crippen LogP contribution in [0, 0.1) is 6.92 Å². The van der Waals surface area contributed by atoms with Crippen molar-refractivity contribution >= 4 is 46.1 Å². The number of carbonyl (C=O) groups excluding carboxylic acids is 1. The Bertz CT molecular complexity index is 879. The van der Waals surface area contributed by atoms with Gasteiger partial charge in [0, 0.05) is 16.8 Å². The predicted octanol–water partition coefficient (Wildman–Crippen LogP) is 5.07. The normalized spacial score (nSPS) is 10.6. The molecule has 0 aliphatic heterocycles. The van der Waals surface area contributed by atoms with Crippen molar-refractivity contribution in [3.8, 4) is 10.6 Å². The number of hydrogen-bond acceptors (Lipinski definition) is 4. The zero-order chi connectivity index (χ0) is 16.4. The van der Waals surface area contributed by atoms with Gasteiger partial charge in [0.2, 0.25) is 0 Å². The maximum absolute atomic E-state index is 12.4. The van der Waals surface area contributed by atoms with Crippen LogP contribution in [0.25, 0.3) is 10.6 Å². The first kappa shape index (κ1) is 15.9. The molecule has 0 saturated carbocycles. The van der Waals surface area contributed by atoms with Crippen molar-refractivity contribution in [3.63, 3.8) is 0 Å². The number of amides is 1. The summed E-state index contributed by atoms with van der Waals surface area (Å²) in [5, 5.41) is 4.37. The predicted molar refractivity (Wildman–Crippen MR) is 94.5 cm³/mol. The number of thiazole rings is 1. The van der Waals surface area contributed by atoms with E-state index in [2.05, 4.69) is 15.3 Å². The van der Waals surface area contributed by atoms with Crippen molar-refractivity contribution in [2.45, 2.75) is 6.92 Å². The molecule has 4 nitrogen and oxygen atoms in total. The van der Waals surface area contributed by atoms with Gasteiger partial charge in [-0.25, -0.2) is 9.97 Å². The number of benzene rings is 1. The van der Waals surface area contributed by atoms with E-state index in [1.54, 1.807) is 31.3 Å². The summed E-state index contributed by atoms with van der Waals surface area (Å²) in [5.41, 5.74) is 2.00. The summed E-state index contributed by atoms with van der Waals surface area (Å²) in [7, 11) is 0.